The van der Waals surface area contributed by atoms with E-state index in [1.54, 1.807) is 36.4 Å². The van der Waals surface area contributed by atoms with Crippen LogP contribution in [0.2, 0.25) is 10.0 Å². The summed E-state index contributed by atoms with van der Waals surface area (Å²) in [6.45, 7) is 0.536. The van der Waals surface area contributed by atoms with Crippen molar-refractivity contribution in [3.05, 3.63) is 69.8 Å². The Morgan fingerprint density at radius 3 is 2.48 bits per heavy atom. The topological polar surface area (TPSA) is 42.2 Å². The number of aromatic carboxylic acids is 1. The van der Waals surface area contributed by atoms with Gasteiger partial charge < -0.3 is 9.67 Å². The van der Waals surface area contributed by atoms with Gasteiger partial charge in [-0.05, 0) is 36.4 Å². The van der Waals surface area contributed by atoms with Gasteiger partial charge >= 0.3 is 5.97 Å². The molecule has 21 heavy (non-hydrogen) atoms. The van der Waals surface area contributed by atoms with E-state index in [9.17, 15) is 4.79 Å². The van der Waals surface area contributed by atoms with E-state index in [0.717, 1.165) is 16.5 Å². The molecule has 3 nitrogen and oxygen atoms in total. The van der Waals surface area contributed by atoms with Gasteiger partial charge in [0.15, 0.2) is 0 Å². The molecule has 1 N–H and O–H groups in total. The first-order valence-corrected chi connectivity index (χ1v) is 7.07. The highest BCUT2D eigenvalue weighted by Gasteiger charge is 2.10. The predicted octanol–water partition coefficient (Wildman–Crippen LogP) is 4.69. The molecule has 0 amide bonds. The molecule has 0 bridgehead atoms. The molecule has 0 aliphatic rings. The molecule has 0 radical (unpaired) electrons. The second kappa shape index (κ2) is 5.43. The van der Waals surface area contributed by atoms with Crippen molar-refractivity contribution in [2.75, 3.05) is 0 Å². The van der Waals surface area contributed by atoms with Gasteiger partial charge in [-0.25, -0.2) is 4.79 Å². The van der Waals surface area contributed by atoms with Crippen LogP contribution < -0.4 is 0 Å². The van der Waals surface area contributed by atoms with Crippen molar-refractivity contribution < 1.29 is 9.90 Å². The van der Waals surface area contributed by atoms with Gasteiger partial charge in [0.1, 0.15) is 0 Å². The number of hydrogen-bond donors (Lipinski definition) is 1. The molecule has 0 fully saturated rings. The van der Waals surface area contributed by atoms with Crippen LogP contribution >= 0.6 is 23.2 Å². The van der Waals surface area contributed by atoms with Gasteiger partial charge in [-0.15, -0.1) is 0 Å². The summed E-state index contributed by atoms with van der Waals surface area (Å²) < 4.78 is 1.99. The standard InChI is InChI=1S/C16H11Cl2NO2/c17-13-2-1-3-14(18)12(13)9-19-7-6-10-8-11(16(20)21)4-5-15(10)19/h1-8H,9H2,(H,20,21). The molecule has 0 unspecified atom stereocenters. The van der Waals surface area contributed by atoms with E-state index in [4.69, 9.17) is 28.3 Å². The van der Waals surface area contributed by atoms with Crippen molar-refractivity contribution in [1.82, 2.24) is 4.57 Å². The fourth-order valence-corrected chi connectivity index (χ4v) is 2.84. The van der Waals surface area contributed by atoms with Crippen LogP contribution in [0.5, 0.6) is 0 Å². The lowest BCUT2D eigenvalue weighted by Crippen LogP contribution is -2.00. The molecule has 0 atom stereocenters. The second-order valence-electron chi connectivity index (χ2n) is 4.72. The van der Waals surface area contributed by atoms with Crippen LogP contribution in [0.25, 0.3) is 10.9 Å². The van der Waals surface area contributed by atoms with Crippen molar-refractivity contribution in [3.8, 4) is 0 Å². The highest BCUT2D eigenvalue weighted by atomic mass is 35.5. The number of carboxylic acid groups (broad SMARTS) is 1. The summed E-state index contributed by atoms with van der Waals surface area (Å²) in [6.07, 6.45) is 1.90. The highest BCUT2D eigenvalue weighted by Crippen LogP contribution is 2.27. The Hall–Kier alpha value is -1.97. The normalized spacial score (nSPS) is 11.0. The molecule has 1 aromatic heterocycles. The first-order chi connectivity index (χ1) is 10.1. The molecular weight excluding hydrogens is 309 g/mol. The molecular formula is C16H11Cl2NO2. The molecule has 0 saturated heterocycles. The number of hydrogen-bond acceptors (Lipinski definition) is 1. The second-order valence-corrected chi connectivity index (χ2v) is 5.54. The zero-order valence-corrected chi connectivity index (χ0v) is 12.4. The Morgan fingerprint density at radius 2 is 1.81 bits per heavy atom. The van der Waals surface area contributed by atoms with Crippen molar-refractivity contribution in [3.63, 3.8) is 0 Å². The SMILES string of the molecule is O=C(O)c1ccc2c(ccn2Cc2c(Cl)cccc2Cl)c1. The minimum absolute atomic E-state index is 0.274. The van der Waals surface area contributed by atoms with E-state index in [1.165, 1.54) is 0 Å². The van der Waals surface area contributed by atoms with Crippen LogP contribution in [-0.4, -0.2) is 15.6 Å². The number of nitrogens with zero attached hydrogens (tertiary/aromatic N) is 1. The van der Waals surface area contributed by atoms with Crippen LogP contribution in [0.4, 0.5) is 0 Å². The lowest BCUT2D eigenvalue weighted by Gasteiger charge is -2.09. The smallest absolute Gasteiger partial charge is 0.335 e. The molecule has 0 aliphatic heterocycles. The molecule has 0 spiro atoms. The fraction of sp³-hybridized carbons (Fsp3) is 0.0625. The molecule has 3 aromatic rings. The Balaban J connectivity index is 2.04. The number of aromatic nitrogens is 1. The van der Waals surface area contributed by atoms with E-state index in [1.807, 2.05) is 16.8 Å². The average molecular weight is 320 g/mol. The fourth-order valence-electron chi connectivity index (χ4n) is 2.32. The Labute approximate surface area is 131 Å². The van der Waals surface area contributed by atoms with Crippen molar-refractivity contribution >= 4 is 40.1 Å². The molecule has 5 heteroatoms. The first-order valence-electron chi connectivity index (χ1n) is 6.31. The third-order valence-corrected chi connectivity index (χ3v) is 4.12. The summed E-state index contributed by atoms with van der Waals surface area (Å²) in [6, 6.07) is 12.3. The van der Waals surface area contributed by atoms with Gasteiger partial charge in [0.2, 0.25) is 0 Å². The van der Waals surface area contributed by atoms with E-state index >= 15 is 0 Å². The van der Waals surface area contributed by atoms with E-state index in [2.05, 4.69) is 0 Å². The van der Waals surface area contributed by atoms with E-state index in [-0.39, 0.29) is 5.56 Å². The summed E-state index contributed by atoms with van der Waals surface area (Å²) in [7, 11) is 0. The van der Waals surface area contributed by atoms with Crippen LogP contribution in [0.3, 0.4) is 0 Å². The average Bonchev–Trinajstić information content (AvgIpc) is 2.85. The Bertz CT molecular complexity index is 819. The van der Waals surface area contributed by atoms with Gasteiger partial charge in [-0.2, -0.15) is 0 Å². The quantitative estimate of drug-likeness (QED) is 0.760. The van der Waals surface area contributed by atoms with E-state index in [0.29, 0.717) is 16.6 Å². The molecule has 106 valence electrons. The number of benzene rings is 2. The van der Waals surface area contributed by atoms with Crippen LogP contribution in [0.15, 0.2) is 48.7 Å². The molecule has 2 aromatic carbocycles. The van der Waals surface area contributed by atoms with E-state index < -0.39 is 5.97 Å². The van der Waals surface area contributed by atoms with Crippen molar-refractivity contribution in [2.24, 2.45) is 0 Å². The summed E-state index contributed by atoms with van der Waals surface area (Å²) in [4.78, 5) is 11.0. The van der Waals surface area contributed by atoms with Gasteiger partial charge in [0.25, 0.3) is 0 Å². The van der Waals surface area contributed by atoms with Gasteiger partial charge in [-0.1, -0.05) is 29.3 Å². The lowest BCUT2D eigenvalue weighted by molar-refractivity contribution is 0.0697. The zero-order valence-electron chi connectivity index (χ0n) is 10.9. The maximum Gasteiger partial charge on any atom is 0.335 e. The highest BCUT2D eigenvalue weighted by molar-refractivity contribution is 6.36. The van der Waals surface area contributed by atoms with Crippen LogP contribution in [-0.2, 0) is 6.54 Å². The maximum atomic E-state index is 11.0. The summed E-state index contributed by atoms with van der Waals surface area (Å²) in [5, 5.41) is 11.1. The molecule has 3 rings (SSSR count). The minimum Gasteiger partial charge on any atom is -0.478 e. The summed E-state index contributed by atoms with van der Waals surface area (Å²) in [5.74, 6) is -0.932. The molecule has 0 saturated carbocycles. The number of carbonyl (C=O) groups is 1. The lowest BCUT2D eigenvalue weighted by atomic mass is 10.1. The zero-order chi connectivity index (χ0) is 15.0. The summed E-state index contributed by atoms with van der Waals surface area (Å²) >= 11 is 12.4. The van der Waals surface area contributed by atoms with Crippen LogP contribution in [0.1, 0.15) is 15.9 Å². The summed E-state index contributed by atoms with van der Waals surface area (Å²) in [5.41, 5.74) is 2.06. The Kier molecular flexibility index (Phi) is 3.62. The first kappa shape index (κ1) is 14.0. The monoisotopic (exact) mass is 319 g/mol. The number of halogens is 2. The van der Waals surface area contributed by atoms with Crippen LogP contribution in [0, 0.1) is 0 Å². The molecule has 0 aliphatic carbocycles. The van der Waals surface area contributed by atoms with Gasteiger partial charge in [-0.3, -0.25) is 0 Å². The number of carboxylic acids is 1. The van der Waals surface area contributed by atoms with Gasteiger partial charge in [0.05, 0.1) is 12.1 Å². The number of rotatable bonds is 3. The largest absolute Gasteiger partial charge is 0.478 e. The third kappa shape index (κ3) is 2.62. The predicted molar refractivity (Wildman–Crippen MR) is 84.5 cm³/mol. The molecule has 1 heterocycles. The van der Waals surface area contributed by atoms with Crippen molar-refractivity contribution in [1.29, 1.82) is 0 Å². The Morgan fingerprint density at radius 1 is 1.10 bits per heavy atom. The van der Waals surface area contributed by atoms with Crippen molar-refractivity contribution in [2.45, 2.75) is 6.54 Å². The minimum atomic E-state index is -0.932. The number of fused-ring (bicyclic) bond motifs is 1. The third-order valence-electron chi connectivity index (χ3n) is 3.41. The maximum absolute atomic E-state index is 11.0. The van der Waals surface area contributed by atoms with Gasteiger partial charge in [0, 0.05) is 32.7 Å².